The van der Waals surface area contributed by atoms with Crippen LogP contribution in [0.1, 0.15) is 38.2 Å². The lowest BCUT2D eigenvalue weighted by Gasteiger charge is -2.21. The molecular formula is C17H28IN3O2. The minimum atomic E-state index is 0. The van der Waals surface area contributed by atoms with Gasteiger partial charge in [0.2, 0.25) is 0 Å². The van der Waals surface area contributed by atoms with Gasteiger partial charge in [-0.25, -0.2) is 4.99 Å². The van der Waals surface area contributed by atoms with Crippen LogP contribution in [0.2, 0.25) is 0 Å². The molecule has 1 fully saturated rings. The minimum absolute atomic E-state index is 0. The molecule has 1 aromatic carbocycles. The molecule has 5 nitrogen and oxygen atoms in total. The van der Waals surface area contributed by atoms with Gasteiger partial charge in [0.15, 0.2) is 17.5 Å². The summed E-state index contributed by atoms with van der Waals surface area (Å²) in [6.45, 7) is 5.16. The normalized spacial score (nSPS) is 15.6. The first kappa shape index (κ1) is 19.9. The Morgan fingerprint density at radius 3 is 2.48 bits per heavy atom. The fraction of sp³-hybridized carbons (Fsp3) is 0.588. The zero-order valence-corrected chi connectivity index (χ0v) is 16.4. The summed E-state index contributed by atoms with van der Waals surface area (Å²) in [6, 6.07) is 5.89. The molecule has 0 atom stereocenters. The molecule has 0 spiro atoms. The standard InChI is InChI=1S/C17H27N3O2.HI/c1-3-22-16-12-14(8-9-15(16)21-2)13-19-17(18)20-10-6-4-5-7-11-20;/h8-9,12H,3-7,10-11,13H2,1-2H3,(H2,18,19);1H. The van der Waals surface area contributed by atoms with Gasteiger partial charge in [-0.05, 0) is 37.5 Å². The van der Waals surface area contributed by atoms with Crippen LogP contribution in [0.3, 0.4) is 0 Å². The van der Waals surface area contributed by atoms with E-state index in [4.69, 9.17) is 15.2 Å². The molecule has 130 valence electrons. The molecule has 1 aliphatic heterocycles. The lowest BCUT2D eigenvalue weighted by atomic mass is 10.2. The number of aliphatic imine (C=N–C) groups is 1. The maximum Gasteiger partial charge on any atom is 0.191 e. The number of nitrogens with two attached hydrogens (primary N) is 1. The second-order valence-electron chi connectivity index (χ2n) is 5.49. The van der Waals surface area contributed by atoms with E-state index in [2.05, 4.69) is 9.89 Å². The van der Waals surface area contributed by atoms with E-state index in [-0.39, 0.29) is 24.0 Å². The van der Waals surface area contributed by atoms with Gasteiger partial charge in [-0.3, -0.25) is 0 Å². The number of likely N-dealkylation sites (tertiary alicyclic amines) is 1. The molecule has 0 bridgehead atoms. The Balaban J connectivity index is 0.00000264. The Morgan fingerprint density at radius 2 is 1.87 bits per heavy atom. The van der Waals surface area contributed by atoms with Gasteiger partial charge < -0.3 is 20.1 Å². The van der Waals surface area contributed by atoms with Crippen molar-refractivity contribution in [2.24, 2.45) is 10.7 Å². The molecule has 2 N–H and O–H groups in total. The summed E-state index contributed by atoms with van der Waals surface area (Å²) in [5.41, 5.74) is 7.21. The van der Waals surface area contributed by atoms with Gasteiger partial charge in [-0.15, -0.1) is 24.0 Å². The molecule has 1 aliphatic rings. The van der Waals surface area contributed by atoms with E-state index in [1.54, 1.807) is 7.11 Å². The van der Waals surface area contributed by atoms with Crippen molar-refractivity contribution in [3.63, 3.8) is 0 Å². The van der Waals surface area contributed by atoms with Crippen molar-refractivity contribution >= 4 is 29.9 Å². The van der Waals surface area contributed by atoms with Crippen molar-refractivity contribution in [1.82, 2.24) is 4.90 Å². The minimum Gasteiger partial charge on any atom is -0.493 e. The summed E-state index contributed by atoms with van der Waals surface area (Å²) in [5, 5.41) is 0. The molecule has 1 saturated heterocycles. The second-order valence-corrected chi connectivity index (χ2v) is 5.49. The van der Waals surface area contributed by atoms with Gasteiger partial charge in [0.05, 0.1) is 20.3 Å². The Kier molecular flexibility index (Phi) is 9.13. The van der Waals surface area contributed by atoms with Crippen molar-refractivity contribution in [1.29, 1.82) is 0 Å². The third-order valence-corrected chi connectivity index (χ3v) is 3.88. The average molecular weight is 433 g/mol. The molecule has 1 aromatic rings. The van der Waals surface area contributed by atoms with Crippen LogP contribution in [0.4, 0.5) is 0 Å². The van der Waals surface area contributed by atoms with E-state index >= 15 is 0 Å². The Labute approximate surface area is 156 Å². The van der Waals surface area contributed by atoms with Crippen LogP contribution in [-0.2, 0) is 6.54 Å². The van der Waals surface area contributed by atoms with Crippen LogP contribution < -0.4 is 15.2 Å². The van der Waals surface area contributed by atoms with Gasteiger partial charge in [0.1, 0.15) is 0 Å². The van der Waals surface area contributed by atoms with Crippen LogP contribution in [0, 0.1) is 0 Å². The lowest BCUT2D eigenvalue weighted by Crippen LogP contribution is -2.38. The summed E-state index contributed by atoms with van der Waals surface area (Å²) in [7, 11) is 1.65. The zero-order chi connectivity index (χ0) is 15.8. The number of methoxy groups -OCH3 is 1. The summed E-state index contributed by atoms with van der Waals surface area (Å²) in [4.78, 5) is 6.73. The molecule has 0 unspecified atom stereocenters. The molecular weight excluding hydrogens is 405 g/mol. The summed E-state index contributed by atoms with van der Waals surface area (Å²) in [5.74, 6) is 2.15. The molecule has 0 radical (unpaired) electrons. The summed E-state index contributed by atoms with van der Waals surface area (Å²) < 4.78 is 10.9. The Morgan fingerprint density at radius 1 is 1.17 bits per heavy atom. The molecule has 0 aliphatic carbocycles. The second kappa shape index (κ2) is 10.6. The number of rotatable bonds is 5. The fourth-order valence-electron chi connectivity index (χ4n) is 2.66. The predicted octanol–water partition coefficient (Wildman–Crippen LogP) is 3.40. The maximum atomic E-state index is 6.14. The van der Waals surface area contributed by atoms with Crippen molar-refractivity contribution in [3.8, 4) is 11.5 Å². The third kappa shape index (κ3) is 6.08. The number of ether oxygens (including phenoxy) is 2. The fourth-order valence-corrected chi connectivity index (χ4v) is 2.66. The van der Waals surface area contributed by atoms with Crippen LogP contribution in [0.5, 0.6) is 11.5 Å². The molecule has 0 amide bonds. The number of hydrogen-bond donors (Lipinski definition) is 1. The van der Waals surface area contributed by atoms with Crippen molar-refractivity contribution in [2.45, 2.75) is 39.2 Å². The number of guanidine groups is 1. The molecule has 2 rings (SSSR count). The van der Waals surface area contributed by atoms with E-state index in [1.807, 2.05) is 25.1 Å². The van der Waals surface area contributed by atoms with Crippen molar-refractivity contribution in [3.05, 3.63) is 23.8 Å². The smallest absolute Gasteiger partial charge is 0.191 e. The number of benzene rings is 1. The van der Waals surface area contributed by atoms with Crippen LogP contribution in [0.25, 0.3) is 0 Å². The SMILES string of the molecule is CCOc1cc(CN=C(N)N2CCCCCC2)ccc1OC.I. The quantitative estimate of drug-likeness (QED) is 0.439. The maximum absolute atomic E-state index is 6.14. The number of nitrogens with zero attached hydrogens (tertiary/aromatic N) is 2. The molecule has 0 saturated carbocycles. The topological polar surface area (TPSA) is 60.1 Å². The largest absolute Gasteiger partial charge is 0.493 e. The number of hydrogen-bond acceptors (Lipinski definition) is 3. The van der Waals surface area contributed by atoms with E-state index in [9.17, 15) is 0 Å². The molecule has 6 heteroatoms. The van der Waals surface area contributed by atoms with Gasteiger partial charge in [-0.2, -0.15) is 0 Å². The van der Waals surface area contributed by atoms with Gasteiger partial charge in [0.25, 0.3) is 0 Å². The molecule has 23 heavy (non-hydrogen) atoms. The van der Waals surface area contributed by atoms with Crippen LogP contribution in [-0.4, -0.2) is 37.7 Å². The van der Waals surface area contributed by atoms with E-state index in [0.717, 1.165) is 30.2 Å². The first-order valence-corrected chi connectivity index (χ1v) is 8.09. The Hall–Kier alpha value is -1.18. The zero-order valence-electron chi connectivity index (χ0n) is 14.1. The molecule has 0 aromatic heterocycles. The van der Waals surface area contributed by atoms with E-state index < -0.39 is 0 Å². The van der Waals surface area contributed by atoms with Crippen LogP contribution >= 0.6 is 24.0 Å². The van der Waals surface area contributed by atoms with E-state index in [0.29, 0.717) is 19.1 Å². The third-order valence-electron chi connectivity index (χ3n) is 3.88. The Bertz CT molecular complexity index is 501. The first-order chi connectivity index (χ1) is 10.7. The van der Waals surface area contributed by atoms with E-state index in [1.165, 1.54) is 25.7 Å². The molecule has 1 heterocycles. The number of halogens is 1. The van der Waals surface area contributed by atoms with Crippen molar-refractivity contribution < 1.29 is 9.47 Å². The van der Waals surface area contributed by atoms with Gasteiger partial charge in [0, 0.05) is 13.1 Å². The highest BCUT2D eigenvalue weighted by Gasteiger charge is 2.11. The monoisotopic (exact) mass is 433 g/mol. The van der Waals surface area contributed by atoms with Gasteiger partial charge >= 0.3 is 0 Å². The lowest BCUT2D eigenvalue weighted by molar-refractivity contribution is 0.310. The summed E-state index contributed by atoms with van der Waals surface area (Å²) >= 11 is 0. The predicted molar refractivity (Wildman–Crippen MR) is 105 cm³/mol. The highest BCUT2D eigenvalue weighted by molar-refractivity contribution is 14.0. The van der Waals surface area contributed by atoms with Crippen LogP contribution in [0.15, 0.2) is 23.2 Å². The van der Waals surface area contributed by atoms with Gasteiger partial charge in [-0.1, -0.05) is 18.9 Å². The highest BCUT2D eigenvalue weighted by Crippen LogP contribution is 2.28. The highest BCUT2D eigenvalue weighted by atomic mass is 127. The first-order valence-electron chi connectivity index (χ1n) is 8.09. The van der Waals surface area contributed by atoms with Crippen molar-refractivity contribution in [2.75, 3.05) is 26.8 Å². The summed E-state index contributed by atoms with van der Waals surface area (Å²) in [6.07, 6.45) is 4.99. The average Bonchev–Trinajstić information content (AvgIpc) is 2.82.